The topological polar surface area (TPSA) is 70.0 Å². The molecule has 1 aliphatic rings. The smallest absolute Gasteiger partial charge is 0.343 e. The third kappa shape index (κ3) is 6.11. The average molecular weight is 477 g/mol. The van der Waals surface area contributed by atoms with Crippen molar-refractivity contribution in [3.8, 4) is 11.5 Å². The van der Waals surface area contributed by atoms with E-state index < -0.39 is 5.97 Å². The summed E-state index contributed by atoms with van der Waals surface area (Å²) in [6, 6.07) is 19.6. The highest BCUT2D eigenvalue weighted by Gasteiger charge is 2.26. The number of aromatic nitrogens is 1. The van der Waals surface area contributed by atoms with Crippen molar-refractivity contribution in [1.82, 2.24) is 9.47 Å². The molecule has 0 saturated carbocycles. The second kappa shape index (κ2) is 11.7. The van der Waals surface area contributed by atoms with Crippen LogP contribution in [0.3, 0.4) is 0 Å². The number of benzene rings is 2. The molecule has 184 valence electrons. The molecule has 0 atom stereocenters. The van der Waals surface area contributed by atoms with Crippen molar-refractivity contribution in [2.45, 2.75) is 32.4 Å². The van der Waals surface area contributed by atoms with Crippen LogP contribution in [0.2, 0.25) is 0 Å². The van der Waals surface area contributed by atoms with Gasteiger partial charge in [0.05, 0.1) is 20.8 Å². The normalized spacial score (nSPS) is 13.5. The number of carbonyl (C=O) groups is 1. The van der Waals surface area contributed by atoms with Crippen molar-refractivity contribution in [1.29, 1.82) is 0 Å². The zero-order valence-electron chi connectivity index (χ0n) is 20.4. The molecule has 35 heavy (non-hydrogen) atoms. The number of rotatable bonds is 9. The molecule has 3 aromatic rings. The van der Waals surface area contributed by atoms with E-state index in [0.29, 0.717) is 49.7 Å². The molecule has 2 aromatic carbocycles. The highest BCUT2D eigenvalue weighted by Crippen LogP contribution is 2.25. The minimum atomic E-state index is -0.476. The lowest BCUT2D eigenvalue weighted by atomic mass is 10.1. The first-order chi connectivity index (χ1) is 17.1. The molecule has 0 spiro atoms. The monoisotopic (exact) mass is 476 g/mol. The summed E-state index contributed by atoms with van der Waals surface area (Å²) in [4.78, 5) is 28.0. The number of pyridine rings is 1. The molecule has 0 amide bonds. The number of fused-ring (bicyclic) bond motifs is 1. The van der Waals surface area contributed by atoms with E-state index in [1.165, 1.54) is 24.3 Å². The molecule has 0 radical (unpaired) electrons. The minimum absolute atomic E-state index is 0.156. The third-order valence-electron chi connectivity index (χ3n) is 6.35. The molecule has 0 fully saturated rings. The summed E-state index contributed by atoms with van der Waals surface area (Å²) in [7, 11) is 3.01. The van der Waals surface area contributed by atoms with Gasteiger partial charge in [0.25, 0.3) is 5.56 Å². The van der Waals surface area contributed by atoms with Crippen LogP contribution in [0.25, 0.3) is 0 Å². The van der Waals surface area contributed by atoms with Crippen LogP contribution in [0.15, 0.2) is 65.5 Å². The predicted octanol–water partition coefficient (Wildman–Crippen LogP) is 3.71. The predicted molar refractivity (Wildman–Crippen MR) is 134 cm³/mol. The van der Waals surface area contributed by atoms with Crippen LogP contribution in [-0.2, 0) is 30.7 Å². The number of aryl methyl sites for hydroxylation is 1. The number of methoxy groups -OCH3 is 2. The highest BCUT2D eigenvalue weighted by atomic mass is 16.5. The summed E-state index contributed by atoms with van der Waals surface area (Å²) >= 11 is 0. The van der Waals surface area contributed by atoms with Gasteiger partial charge in [-0.3, -0.25) is 9.69 Å². The lowest BCUT2D eigenvalue weighted by Crippen LogP contribution is -2.29. The zero-order chi connectivity index (χ0) is 24.6. The van der Waals surface area contributed by atoms with Gasteiger partial charge in [0.15, 0.2) is 0 Å². The fourth-order valence-corrected chi connectivity index (χ4v) is 4.48. The van der Waals surface area contributed by atoms with Crippen molar-refractivity contribution in [2.24, 2.45) is 0 Å². The van der Waals surface area contributed by atoms with Gasteiger partial charge in [-0.2, -0.15) is 0 Å². The van der Waals surface area contributed by atoms with Crippen molar-refractivity contribution in [3.63, 3.8) is 0 Å². The number of hydrogen-bond acceptors (Lipinski definition) is 6. The van der Waals surface area contributed by atoms with Gasteiger partial charge in [0.1, 0.15) is 17.1 Å². The molecule has 0 aliphatic carbocycles. The lowest BCUT2D eigenvalue weighted by molar-refractivity contribution is 0.0593. The van der Waals surface area contributed by atoms with Gasteiger partial charge >= 0.3 is 5.97 Å². The maximum absolute atomic E-state index is 13.0. The van der Waals surface area contributed by atoms with E-state index in [1.54, 1.807) is 11.7 Å². The Bertz CT molecular complexity index is 1190. The maximum atomic E-state index is 13.0. The SMILES string of the molecule is COC(=O)c1c(OCCCc2ccccc2)cc(=O)n2c1CCN(Cc1ccc(OC)cc1)CC2. The van der Waals surface area contributed by atoms with E-state index in [0.717, 1.165) is 25.1 Å². The van der Waals surface area contributed by atoms with Crippen LogP contribution in [0.4, 0.5) is 0 Å². The first-order valence-electron chi connectivity index (χ1n) is 12.0. The second-order valence-electron chi connectivity index (χ2n) is 8.62. The zero-order valence-corrected chi connectivity index (χ0v) is 20.4. The largest absolute Gasteiger partial charge is 0.497 e. The Hall–Kier alpha value is -3.58. The molecule has 2 heterocycles. The molecular weight excluding hydrogens is 444 g/mol. The summed E-state index contributed by atoms with van der Waals surface area (Å²) in [5, 5.41) is 0. The molecule has 0 N–H and O–H groups in total. The fraction of sp³-hybridized carbons (Fsp3) is 0.357. The van der Waals surface area contributed by atoms with E-state index in [2.05, 4.69) is 17.0 Å². The molecule has 0 saturated heterocycles. The Morgan fingerprint density at radius 2 is 1.71 bits per heavy atom. The Labute approximate surface area is 205 Å². The van der Waals surface area contributed by atoms with E-state index in [1.807, 2.05) is 42.5 Å². The van der Waals surface area contributed by atoms with Gasteiger partial charge in [-0.15, -0.1) is 0 Å². The fourth-order valence-electron chi connectivity index (χ4n) is 4.48. The first kappa shape index (κ1) is 24.5. The van der Waals surface area contributed by atoms with Gasteiger partial charge in [-0.25, -0.2) is 4.79 Å². The molecule has 7 heteroatoms. The average Bonchev–Trinajstić information content (AvgIpc) is 3.10. The van der Waals surface area contributed by atoms with Gasteiger partial charge in [0, 0.05) is 44.4 Å². The van der Waals surface area contributed by atoms with Crippen LogP contribution >= 0.6 is 0 Å². The van der Waals surface area contributed by atoms with Gasteiger partial charge in [-0.1, -0.05) is 42.5 Å². The van der Waals surface area contributed by atoms with Crippen LogP contribution in [-0.4, -0.2) is 49.4 Å². The first-order valence-corrected chi connectivity index (χ1v) is 12.0. The lowest BCUT2D eigenvalue weighted by Gasteiger charge is -2.19. The Morgan fingerprint density at radius 3 is 2.43 bits per heavy atom. The van der Waals surface area contributed by atoms with E-state index >= 15 is 0 Å². The quantitative estimate of drug-likeness (QED) is 0.346. The number of carbonyl (C=O) groups excluding carboxylic acids is 1. The van der Waals surface area contributed by atoms with Crippen LogP contribution in [0.1, 0.15) is 33.6 Å². The highest BCUT2D eigenvalue weighted by molar-refractivity contribution is 5.93. The van der Waals surface area contributed by atoms with Gasteiger partial charge in [-0.05, 0) is 36.1 Å². The van der Waals surface area contributed by atoms with Gasteiger partial charge in [0.2, 0.25) is 0 Å². The molecule has 4 rings (SSSR count). The Balaban J connectivity index is 1.49. The van der Waals surface area contributed by atoms with E-state index in [4.69, 9.17) is 14.2 Å². The standard InChI is InChI=1S/C28H32N2O5/c1-33-23-12-10-22(11-13-23)20-29-15-14-24-27(28(32)34-2)25(19-26(31)30(24)17-16-29)35-18-6-9-21-7-4-3-5-8-21/h3-5,7-8,10-13,19H,6,9,14-18,20H2,1-2H3. The number of esters is 1. The van der Waals surface area contributed by atoms with E-state index in [9.17, 15) is 9.59 Å². The molecular formula is C28H32N2O5. The van der Waals surface area contributed by atoms with E-state index in [-0.39, 0.29) is 5.56 Å². The third-order valence-corrected chi connectivity index (χ3v) is 6.35. The maximum Gasteiger partial charge on any atom is 0.343 e. The summed E-state index contributed by atoms with van der Waals surface area (Å²) in [5.41, 5.74) is 3.28. The van der Waals surface area contributed by atoms with Gasteiger partial charge < -0.3 is 18.8 Å². The molecule has 1 aromatic heterocycles. The summed E-state index contributed by atoms with van der Waals surface area (Å²) in [6.45, 7) is 3.08. The molecule has 0 bridgehead atoms. The van der Waals surface area contributed by atoms with Crippen LogP contribution in [0, 0.1) is 0 Å². The number of nitrogens with zero attached hydrogens (tertiary/aromatic N) is 2. The summed E-state index contributed by atoms with van der Waals surface area (Å²) in [5.74, 6) is 0.655. The summed E-state index contributed by atoms with van der Waals surface area (Å²) < 4.78 is 18.0. The molecule has 7 nitrogen and oxygen atoms in total. The summed E-state index contributed by atoms with van der Waals surface area (Å²) in [6.07, 6.45) is 2.19. The van der Waals surface area contributed by atoms with Crippen LogP contribution < -0.4 is 15.0 Å². The minimum Gasteiger partial charge on any atom is -0.497 e. The number of hydrogen-bond donors (Lipinski definition) is 0. The molecule has 0 unspecified atom stereocenters. The number of ether oxygens (including phenoxy) is 3. The second-order valence-corrected chi connectivity index (χ2v) is 8.62. The molecule has 1 aliphatic heterocycles. The Morgan fingerprint density at radius 1 is 0.943 bits per heavy atom. The van der Waals surface area contributed by atoms with Crippen molar-refractivity contribution < 1.29 is 19.0 Å². The Kier molecular flexibility index (Phi) is 8.21. The van der Waals surface area contributed by atoms with Crippen LogP contribution in [0.5, 0.6) is 11.5 Å². The van der Waals surface area contributed by atoms with Crippen molar-refractivity contribution >= 4 is 5.97 Å². The van der Waals surface area contributed by atoms with Crippen molar-refractivity contribution in [3.05, 3.63) is 93.4 Å². The van der Waals surface area contributed by atoms with Crippen molar-refractivity contribution in [2.75, 3.05) is 33.9 Å².